The molecule has 0 bridgehead atoms. The van der Waals surface area contributed by atoms with Gasteiger partial charge in [-0.15, -0.1) is 0 Å². The molecule has 0 aliphatic carbocycles. The lowest BCUT2D eigenvalue weighted by Crippen LogP contribution is -2.55. The molecule has 0 spiro atoms. The van der Waals surface area contributed by atoms with Gasteiger partial charge < -0.3 is 4.90 Å². The first-order chi connectivity index (χ1) is 12.6. The molecule has 1 fully saturated rings. The Morgan fingerprint density at radius 1 is 1.35 bits per heavy atom. The van der Waals surface area contributed by atoms with Gasteiger partial charge in [0.2, 0.25) is 5.91 Å². The molecule has 1 aromatic rings. The van der Waals surface area contributed by atoms with Gasteiger partial charge in [0, 0.05) is 19.6 Å². The number of amides is 1. The van der Waals surface area contributed by atoms with Crippen molar-refractivity contribution in [2.45, 2.75) is 32.7 Å². The number of piperidine rings is 1. The van der Waals surface area contributed by atoms with Crippen LogP contribution < -0.4 is 0 Å². The fourth-order valence-electron chi connectivity index (χ4n) is 3.72. The van der Waals surface area contributed by atoms with Gasteiger partial charge in [0.15, 0.2) is 0 Å². The summed E-state index contributed by atoms with van der Waals surface area (Å²) in [5, 5.41) is 0. The zero-order valence-electron chi connectivity index (χ0n) is 16.4. The third-order valence-electron chi connectivity index (χ3n) is 5.09. The van der Waals surface area contributed by atoms with Crippen molar-refractivity contribution in [2.24, 2.45) is 5.92 Å². The van der Waals surface area contributed by atoms with Crippen molar-refractivity contribution < 1.29 is 4.79 Å². The van der Waals surface area contributed by atoms with Gasteiger partial charge in [0.1, 0.15) is 0 Å². The molecule has 0 N–H and O–H groups in total. The number of allylic oxidation sites excluding steroid dienone is 3. The van der Waals surface area contributed by atoms with Gasteiger partial charge in [0.25, 0.3) is 0 Å². The highest BCUT2D eigenvalue weighted by atomic mass is 16.2. The molecular formula is C23H32N2O. The molecule has 1 saturated heterocycles. The summed E-state index contributed by atoms with van der Waals surface area (Å²) in [4.78, 5) is 17.4. The normalized spacial score (nSPS) is 21.6. The van der Waals surface area contributed by atoms with E-state index in [2.05, 4.69) is 55.8 Å². The van der Waals surface area contributed by atoms with E-state index in [0.717, 1.165) is 32.5 Å². The molecule has 1 heterocycles. The highest BCUT2D eigenvalue weighted by Crippen LogP contribution is 2.23. The SMILES string of the molecule is C=C/C=C(\C=C/C)CN(C)[C@@H]1C(=O)N(CCc2ccccc2)CC[C@@H]1C. The zero-order chi connectivity index (χ0) is 18.9. The summed E-state index contributed by atoms with van der Waals surface area (Å²) in [5.74, 6) is 0.636. The van der Waals surface area contributed by atoms with E-state index < -0.39 is 0 Å². The number of hydrogen-bond acceptors (Lipinski definition) is 2. The number of carbonyl (C=O) groups is 1. The van der Waals surface area contributed by atoms with Gasteiger partial charge in [-0.1, -0.05) is 68.1 Å². The summed E-state index contributed by atoms with van der Waals surface area (Å²) in [7, 11) is 2.06. The molecule has 0 radical (unpaired) electrons. The minimum atomic E-state index is -0.0574. The Bertz CT molecular complexity index is 647. The predicted octanol–water partition coefficient (Wildman–Crippen LogP) is 4.09. The Hall–Kier alpha value is -2.13. The topological polar surface area (TPSA) is 23.6 Å². The van der Waals surface area contributed by atoms with Crippen LogP contribution in [0.4, 0.5) is 0 Å². The molecule has 3 nitrogen and oxygen atoms in total. The van der Waals surface area contributed by atoms with Crippen molar-refractivity contribution in [1.82, 2.24) is 9.80 Å². The Morgan fingerprint density at radius 3 is 2.73 bits per heavy atom. The number of likely N-dealkylation sites (N-methyl/N-ethyl adjacent to an activating group) is 1. The molecular weight excluding hydrogens is 320 g/mol. The largest absolute Gasteiger partial charge is 0.341 e. The summed E-state index contributed by atoms with van der Waals surface area (Å²) < 4.78 is 0. The first-order valence-electron chi connectivity index (χ1n) is 9.54. The lowest BCUT2D eigenvalue weighted by Gasteiger charge is -2.41. The van der Waals surface area contributed by atoms with Crippen LogP contribution in [0.15, 0.2) is 66.8 Å². The number of carbonyl (C=O) groups excluding carboxylic acids is 1. The van der Waals surface area contributed by atoms with Crippen molar-refractivity contribution in [3.8, 4) is 0 Å². The molecule has 3 heteroatoms. The third-order valence-corrected chi connectivity index (χ3v) is 5.09. The van der Waals surface area contributed by atoms with Gasteiger partial charge in [-0.05, 0) is 43.9 Å². The minimum absolute atomic E-state index is 0.0574. The second-order valence-corrected chi connectivity index (χ2v) is 7.16. The van der Waals surface area contributed by atoms with Crippen molar-refractivity contribution in [1.29, 1.82) is 0 Å². The standard InChI is InChI=1S/C23H32N2O/c1-5-10-21(11-6-2)18-24(4)22-19(3)14-16-25(23(22)26)17-15-20-12-8-7-9-13-20/h5-13,19,22H,1,14-18H2,2-4H3/b11-6-,21-10+/t19-,22-/m0/s1. The molecule has 26 heavy (non-hydrogen) atoms. The Balaban J connectivity index is 2.03. The molecule has 0 saturated carbocycles. The Kier molecular flexibility index (Phi) is 7.86. The van der Waals surface area contributed by atoms with Crippen LogP contribution in [-0.2, 0) is 11.2 Å². The second kappa shape index (κ2) is 10.1. The van der Waals surface area contributed by atoms with Crippen LogP contribution in [-0.4, -0.2) is 48.4 Å². The maximum absolute atomic E-state index is 13.1. The van der Waals surface area contributed by atoms with E-state index in [9.17, 15) is 4.79 Å². The molecule has 1 aliphatic rings. The van der Waals surface area contributed by atoms with E-state index in [1.165, 1.54) is 11.1 Å². The van der Waals surface area contributed by atoms with Crippen molar-refractivity contribution in [3.63, 3.8) is 0 Å². The van der Waals surface area contributed by atoms with Crippen LogP contribution in [0.1, 0.15) is 25.8 Å². The first-order valence-corrected chi connectivity index (χ1v) is 9.54. The molecule has 0 unspecified atom stereocenters. The molecule has 2 rings (SSSR count). The number of hydrogen-bond donors (Lipinski definition) is 0. The second-order valence-electron chi connectivity index (χ2n) is 7.16. The monoisotopic (exact) mass is 352 g/mol. The summed E-state index contributed by atoms with van der Waals surface area (Å²) >= 11 is 0. The van der Waals surface area contributed by atoms with Crippen LogP contribution >= 0.6 is 0 Å². The first kappa shape index (κ1) is 20.2. The molecule has 0 aromatic heterocycles. The van der Waals surface area contributed by atoms with Crippen molar-refractivity contribution in [3.05, 3.63) is 72.4 Å². The third kappa shape index (κ3) is 5.43. The van der Waals surface area contributed by atoms with E-state index in [1.54, 1.807) is 0 Å². The van der Waals surface area contributed by atoms with E-state index in [4.69, 9.17) is 0 Å². The van der Waals surface area contributed by atoms with Crippen LogP contribution in [0.3, 0.4) is 0 Å². The number of benzene rings is 1. The van der Waals surface area contributed by atoms with Crippen LogP contribution in [0.5, 0.6) is 0 Å². The van der Waals surface area contributed by atoms with E-state index in [-0.39, 0.29) is 11.9 Å². The number of rotatable bonds is 8. The summed E-state index contributed by atoms with van der Waals surface area (Å²) in [6.45, 7) is 10.4. The lowest BCUT2D eigenvalue weighted by molar-refractivity contribution is -0.142. The molecule has 1 aromatic carbocycles. The fraction of sp³-hybridized carbons (Fsp3) is 0.435. The zero-order valence-corrected chi connectivity index (χ0v) is 16.4. The fourth-order valence-corrected chi connectivity index (χ4v) is 3.72. The van der Waals surface area contributed by atoms with Gasteiger partial charge in [0.05, 0.1) is 6.04 Å². The van der Waals surface area contributed by atoms with Crippen molar-refractivity contribution >= 4 is 5.91 Å². The van der Waals surface area contributed by atoms with E-state index in [1.807, 2.05) is 36.1 Å². The Morgan fingerprint density at radius 2 is 2.08 bits per heavy atom. The van der Waals surface area contributed by atoms with Gasteiger partial charge in [-0.2, -0.15) is 0 Å². The molecule has 140 valence electrons. The van der Waals surface area contributed by atoms with Gasteiger partial charge in [-0.25, -0.2) is 0 Å². The molecule has 2 atom stereocenters. The summed E-state index contributed by atoms with van der Waals surface area (Å²) in [6.07, 6.45) is 9.91. The maximum Gasteiger partial charge on any atom is 0.240 e. The predicted molar refractivity (Wildman–Crippen MR) is 110 cm³/mol. The van der Waals surface area contributed by atoms with E-state index in [0.29, 0.717) is 5.92 Å². The highest BCUT2D eigenvalue weighted by Gasteiger charge is 2.36. The van der Waals surface area contributed by atoms with Crippen molar-refractivity contribution in [2.75, 3.05) is 26.7 Å². The van der Waals surface area contributed by atoms with Crippen LogP contribution in [0.25, 0.3) is 0 Å². The average molecular weight is 353 g/mol. The average Bonchev–Trinajstić information content (AvgIpc) is 2.62. The summed E-state index contributed by atoms with van der Waals surface area (Å²) in [5.41, 5.74) is 2.46. The van der Waals surface area contributed by atoms with Crippen LogP contribution in [0, 0.1) is 5.92 Å². The quantitative estimate of drug-likeness (QED) is 0.658. The smallest absolute Gasteiger partial charge is 0.240 e. The van der Waals surface area contributed by atoms with Crippen LogP contribution in [0.2, 0.25) is 0 Å². The van der Waals surface area contributed by atoms with Gasteiger partial charge >= 0.3 is 0 Å². The van der Waals surface area contributed by atoms with E-state index >= 15 is 0 Å². The molecule has 1 aliphatic heterocycles. The highest BCUT2D eigenvalue weighted by molar-refractivity contribution is 5.83. The Labute approximate surface area is 158 Å². The minimum Gasteiger partial charge on any atom is -0.341 e. The maximum atomic E-state index is 13.1. The van der Waals surface area contributed by atoms with Gasteiger partial charge in [-0.3, -0.25) is 9.69 Å². The number of nitrogens with zero attached hydrogens (tertiary/aromatic N) is 2. The molecule has 1 amide bonds. The number of likely N-dealkylation sites (tertiary alicyclic amines) is 1. The summed E-state index contributed by atoms with van der Waals surface area (Å²) in [6, 6.07) is 10.3. The lowest BCUT2D eigenvalue weighted by atomic mass is 9.91.